The Hall–Kier alpha value is -0.570. The molecular formula is C18H37NO2. The molecule has 2 unspecified atom stereocenters. The van der Waals surface area contributed by atoms with Crippen molar-refractivity contribution in [2.75, 3.05) is 14.1 Å². The molecule has 0 aliphatic rings. The maximum Gasteiger partial charge on any atom is 0.321 e. The molecule has 0 aromatic rings. The lowest BCUT2D eigenvalue weighted by molar-refractivity contribution is -0.144. The van der Waals surface area contributed by atoms with E-state index in [1.807, 2.05) is 19.0 Å². The number of rotatable bonds is 14. The lowest BCUT2D eigenvalue weighted by atomic mass is 9.94. The molecule has 3 heteroatoms. The van der Waals surface area contributed by atoms with Crippen LogP contribution in [-0.4, -0.2) is 36.1 Å². The van der Waals surface area contributed by atoms with Crippen molar-refractivity contribution in [3.05, 3.63) is 0 Å². The van der Waals surface area contributed by atoms with E-state index in [1.54, 1.807) is 0 Å². The van der Waals surface area contributed by atoms with Crippen LogP contribution >= 0.6 is 0 Å². The van der Waals surface area contributed by atoms with Crippen LogP contribution in [0.3, 0.4) is 0 Å². The van der Waals surface area contributed by atoms with Crippen molar-refractivity contribution < 1.29 is 9.90 Å². The minimum atomic E-state index is -0.695. The molecular weight excluding hydrogens is 262 g/mol. The van der Waals surface area contributed by atoms with Gasteiger partial charge in [-0.25, -0.2) is 0 Å². The first-order chi connectivity index (χ1) is 10.0. The predicted octanol–water partition coefficient (Wildman–Crippen LogP) is 4.95. The smallest absolute Gasteiger partial charge is 0.321 e. The number of carbonyl (C=O) groups is 1. The summed E-state index contributed by atoms with van der Waals surface area (Å²) in [5, 5.41) is 9.23. The normalized spacial score (nSPS) is 14.3. The third-order valence-corrected chi connectivity index (χ3v) is 4.36. The minimum Gasteiger partial charge on any atom is -0.480 e. The number of carboxylic acids is 1. The van der Waals surface area contributed by atoms with Gasteiger partial charge in [0.1, 0.15) is 6.04 Å². The first kappa shape index (κ1) is 20.4. The number of carboxylic acid groups (broad SMARTS) is 1. The maximum absolute atomic E-state index is 11.2. The van der Waals surface area contributed by atoms with Gasteiger partial charge in [0.2, 0.25) is 0 Å². The molecule has 0 rings (SSSR count). The maximum atomic E-state index is 11.2. The van der Waals surface area contributed by atoms with Crippen LogP contribution < -0.4 is 0 Å². The molecule has 3 nitrogen and oxygen atoms in total. The summed E-state index contributed by atoms with van der Waals surface area (Å²) in [6.07, 6.45) is 14.3. The molecule has 21 heavy (non-hydrogen) atoms. The number of unbranched alkanes of at least 4 members (excludes halogenated alkanes) is 9. The Labute approximate surface area is 132 Å². The number of aliphatic carboxylic acids is 1. The molecule has 0 fully saturated rings. The zero-order valence-corrected chi connectivity index (χ0v) is 14.7. The van der Waals surface area contributed by atoms with Crippen molar-refractivity contribution in [3.63, 3.8) is 0 Å². The molecule has 0 aromatic heterocycles. The molecule has 1 N–H and O–H groups in total. The Morgan fingerprint density at radius 2 is 1.33 bits per heavy atom. The molecule has 0 saturated heterocycles. The largest absolute Gasteiger partial charge is 0.480 e. The van der Waals surface area contributed by atoms with Crippen molar-refractivity contribution >= 4 is 5.97 Å². The lowest BCUT2D eigenvalue weighted by Crippen LogP contribution is -2.40. The van der Waals surface area contributed by atoms with Crippen molar-refractivity contribution in [1.29, 1.82) is 0 Å². The lowest BCUT2D eigenvalue weighted by Gasteiger charge is -2.26. The molecule has 0 amide bonds. The molecule has 0 saturated carbocycles. The van der Waals surface area contributed by atoms with Crippen LogP contribution in [0, 0.1) is 5.92 Å². The Balaban J connectivity index is 3.51. The average Bonchev–Trinajstić information content (AvgIpc) is 2.40. The topological polar surface area (TPSA) is 40.5 Å². The zero-order valence-electron chi connectivity index (χ0n) is 14.7. The van der Waals surface area contributed by atoms with Crippen LogP contribution in [0.2, 0.25) is 0 Å². The van der Waals surface area contributed by atoms with Crippen molar-refractivity contribution in [3.8, 4) is 0 Å². The van der Waals surface area contributed by atoms with E-state index in [0.717, 1.165) is 12.8 Å². The molecule has 0 heterocycles. The van der Waals surface area contributed by atoms with Gasteiger partial charge in [-0.3, -0.25) is 9.69 Å². The number of nitrogens with zero attached hydrogens (tertiary/aromatic N) is 1. The number of hydrogen-bond donors (Lipinski definition) is 1. The first-order valence-electron chi connectivity index (χ1n) is 8.90. The molecule has 0 aliphatic heterocycles. The third-order valence-electron chi connectivity index (χ3n) is 4.36. The Morgan fingerprint density at radius 3 is 1.71 bits per heavy atom. The van der Waals surface area contributed by atoms with Gasteiger partial charge in [0.15, 0.2) is 0 Å². The average molecular weight is 299 g/mol. The quantitative estimate of drug-likeness (QED) is 0.461. The summed E-state index contributed by atoms with van der Waals surface area (Å²) >= 11 is 0. The Bertz CT molecular complexity index is 254. The van der Waals surface area contributed by atoms with Gasteiger partial charge in [-0.1, -0.05) is 78.1 Å². The highest BCUT2D eigenvalue weighted by atomic mass is 16.4. The predicted molar refractivity (Wildman–Crippen MR) is 90.7 cm³/mol. The van der Waals surface area contributed by atoms with Gasteiger partial charge in [-0.15, -0.1) is 0 Å². The summed E-state index contributed by atoms with van der Waals surface area (Å²) in [4.78, 5) is 13.0. The molecule has 2 atom stereocenters. The monoisotopic (exact) mass is 299 g/mol. The van der Waals surface area contributed by atoms with Crippen LogP contribution in [0.15, 0.2) is 0 Å². The fourth-order valence-corrected chi connectivity index (χ4v) is 3.08. The van der Waals surface area contributed by atoms with Crippen molar-refractivity contribution in [2.24, 2.45) is 5.92 Å². The fraction of sp³-hybridized carbons (Fsp3) is 0.944. The number of hydrogen-bond acceptors (Lipinski definition) is 2. The Morgan fingerprint density at radius 1 is 0.905 bits per heavy atom. The highest BCUT2D eigenvalue weighted by molar-refractivity contribution is 5.73. The molecule has 0 aliphatic carbocycles. The second-order valence-electron chi connectivity index (χ2n) is 6.69. The van der Waals surface area contributed by atoms with Gasteiger partial charge >= 0.3 is 5.97 Å². The standard InChI is InChI=1S/C18H37NO2/c1-5-6-7-8-9-10-11-12-13-14-15-16(2)17(18(20)21)19(3)4/h16-17H,5-15H2,1-4H3,(H,20,21). The summed E-state index contributed by atoms with van der Waals surface area (Å²) in [6.45, 7) is 4.32. The van der Waals surface area contributed by atoms with E-state index in [1.165, 1.54) is 57.8 Å². The van der Waals surface area contributed by atoms with Gasteiger partial charge in [0.25, 0.3) is 0 Å². The second-order valence-corrected chi connectivity index (χ2v) is 6.69. The molecule has 0 aromatic carbocycles. The van der Waals surface area contributed by atoms with E-state index in [4.69, 9.17) is 0 Å². The van der Waals surface area contributed by atoms with E-state index in [2.05, 4.69) is 13.8 Å². The summed E-state index contributed by atoms with van der Waals surface area (Å²) in [5.41, 5.74) is 0. The van der Waals surface area contributed by atoms with Gasteiger partial charge in [-0.05, 0) is 26.4 Å². The second kappa shape index (κ2) is 13.1. The van der Waals surface area contributed by atoms with Crippen LogP contribution in [0.1, 0.15) is 84.5 Å². The van der Waals surface area contributed by atoms with E-state index < -0.39 is 5.97 Å². The van der Waals surface area contributed by atoms with Crippen LogP contribution in [-0.2, 0) is 4.79 Å². The van der Waals surface area contributed by atoms with Crippen molar-refractivity contribution in [1.82, 2.24) is 4.90 Å². The molecule has 0 bridgehead atoms. The van der Waals surface area contributed by atoms with Gasteiger partial charge in [0.05, 0.1) is 0 Å². The molecule has 0 radical (unpaired) electrons. The summed E-state index contributed by atoms with van der Waals surface area (Å²) in [7, 11) is 3.71. The summed E-state index contributed by atoms with van der Waals surface area (Å²) in [5.74, 6) is -0.467. The van der Waals surface area contributed by atoms with E-state index in [0.29, 0.717) is 0 Å². The third kappa shape index (κ3) is 10.8. The van der Waals surface area contributed by atoms with Crippen LogP contribution in [0.25, 0.3) is 0 Å². The minimum absolute atomic E-state index is 0.228. The van der Waals surface area contributed by atoms with Gasteiger partial charge < -0.3 is 5.11 Å². The fourth-order valence-electron chi connectivity index (χ4n) is 3.08. The van der Waals surface area contributed by atoms with Crippen molar-refractivity contribution in [2.45, 2.75) is 90.5 Å². The van der Waals surface area contributed by atoms with E-state index >= 15 is 0 Å². The van der Waals surface area contributed by atoms with Crippen LogP contribution in [0.4, 0.5) is 0 Å². The Kier molecular flexibility index (Phi) is 12.8. The highest BCUT2D eigenvalue weighted by Crippen LogP contribution is 2.18. The summed E-state index contributed by atoms with van der Waals surface area (Å²) < 4.78 is 0. The van der Waals surface area contributed by atoms with Gasteiger partial charge in [0, 0.05) is 0 Å². The first-order valence-corrected chi connectivity index (χ1v) is 8.90. The van der Waals surface area contributed by atoms with Gasteiger partial charge in [-0.2, -0.15) is 0 Å². The molecule has 126 valence electrons. The summed E-state index contributed by atoms with van der Waals surface area (Å²) in [6, 6.07) is -0.344. The SMILES string of the molecule is CCCCCCCCCCCCC(C)C(C(=O)O)N(C)C. The highest BCUT2D eigenvalue weighted by Gasteiger charge is 2.25. The zero-order chi connectivity index (χ0) is 16.1. The van der Waals surface area contributed by atoms with E-state index in [9.17, 15) is 9.90 Å². The van der Waals surface area contributed by atoms with Crippen LogP contribution in [0.5, 0.6) is 0 Å². The number of likely N-dealkylation sites (N-methyl/N-ethyl adjacent to an activating group) is 1. The van der Waals surface area contributed by atoms with E-state index in [-0.39, 0.29) is 12.0 Å². The molecule has 0 spiro atoms.